The van der Waals surface area contributed by atoms with Gasteiger partial charge in [0.15, 0.2) is 0 Å². The summed E-state index contributed by atoms with van der Waals surface area (Å²) in [6, 6.07) is 0.813. The Morgan fingerprint density at radius 2 is 1.47 bits per heavy atom. The number of nitrogens with zero attached hydrogens (tertiary/aromatic N) is 1. The first-order valence-corrected chi connectivity index (χ1v) is 8.70. The van der Waals surface area contributed by atoms with Gasteiger partial charge >= 0.3 is 0 Å². The third-order valence-corrected chi connectivity index (χ3v) is 6.78. The number of hydrogen-bond donors (Lipinski definition) is 1. The van der Waals surface area contributed by atoms with Crippen LogP contribution >= 0.6 is 0 Å². The fourth-order valence-electron chi connectivity index (χ4n) is 5.89. The zero-order chi connectivity index (χ0) is 12.8. The van der Waals surface area contributed by atoms with Crippen LogP contribution < -0.4 is 5.32 Å². The molecule has 5 aliphatic rings. The quantitative estimate of drug-likeness (QED) is 0.841. The van der Waals surface area contributed by atoms with Crippen molar-refractivity contribution < 1.29 is 0 Å². The van der Waals surface area contributed by atoms with Crippen LogP contribution in [0, 0.1) is 29.6 Å². The van der Waals surface area contributed by atoms with Crippen LogP contribution in [0.25, 0.3) is 0 Å². The Morgan fingerprint density at radius 3 is 2.05 bits per heavy atom. The van der Waals surface area contributed by atoms with Crippen molar-refractivity contribution in [3.63, 3.8) is 0 Å². The van der Waals surface area contributed by atoms with Gasteiger partial charge in [-0.05, 0) is 101 Å². The van der Waals surface area contributed by atoms with E-state index in [9.17, 15) is 0 Å². The van der Waals surface area contributed by atoms with Crippen LogP contribution in [-0.4, -0.2) is 37.6 Å². The maximum absolute atomic E-state index is 3.94. The zero-order valence-electron chi connectivity index (χ0n) is 12.5. The van der Waals surface area contributed by atoms with Crippen molar-refractivity contribution in [1.82, 2.24) is 10.2 Å². The lowest BCUT2D eigenvalue weighted by Gasteiger charge is -2.54. The van der Waals surface area contributed by atoms with Gasteiger partial charge in [-0.2, -0.15) is 0 Å². The van der Waals surface area contributed by atoms with Crippen molar-refractivity contribution in [1.29, 1.82) is 0 Å². The Hall–Kier alpha value is -0.0800. The minimum Gasteiger partial charge on any atom is -0.314 e. The molecular weight excluding hydrogens is 232 g/mol. The molecule has 2 heteroatoms. The molecule has 0 aromatic rings. The highest BCUT2D eigenvalue weighted by atomic mass is 15.1. The molecule has 0 amide bonds. The predicted octanol–water partition coefficient (Wildman–Crippen LogP) is 2.74. The largest absolute Gasteiger partial charge is 0.314 e. The minimum absolute atomic E-state index is 0.813. The molecule has 5 rings (SSSR count). The number of hydrogen-bond acceptors (Lipinski definition) is 2. The molecule has 1 N–H and O–H groups in total. The van der Waals surface area contributed by atoms with Gasteiger partial charge in [-0.3, -0.25) is 0 Å². The normalized spacial score (nSPS) is 46.9. The summed E-state index contributed by atoms with van der Waals surface area (Å²) < 4.78 is 0. The van der Waals surface area contributed by atoms with Gasteiger partial charge in [-0.1, -0.05) is 0 Å². The fraction of sp³-hybridized carbons (Fsp3) is 1.00. The highest BCUT2D eigenvalue weighted by Crippen LogP contribution is 2.56. The van der Waals surface area contributed by atoms with Crippen LogP contribution in [0.5, 0.6) is 0 Å². The summed E-state index contributed by atoms with van der Waals surface area (Å²) in [4.78, 5) is 2.47. The van der Waals surface area contributed by atoms with Crippen LogP contribution in [0.15, 0.2) is 0 Å². The molecule has 2 nitrogen and oxygen atoms in total. The van der Waals surface area contributed by atoms with E-state index in [1.54, 1.807) is 32.1 Å². The smallest absolute Gasteiger partial charge is 0.00915 e. The van der Waals surface area contributed by atoms with E-state index in [1.165, 1.54) is 32.5 Å². The number of likely N-dealkylation sites (tertiary alicyclic amines) is 1. The fourth-order valence-corrected chi connectivity index (χ4v) is 5.89. The second-order valence-electron chi connectivity index (χ2n) is 8.08. The Bertz CT molecular complexity index is 291. The molecule has 0 radical (unpaired) electrons. The summed E-state index contributed by atoms with van der Waals surface area (Å²) in [5, 5.41) is 3.94. The predicted molar refractivity (Wildman–Crippen MR) is 79.1 cm³/mol. The molecule has 19 heavy (non-hydrogen) atoms. The molecule has 4 saturated carbocycles. The highest BCUT2D eigenvalue weighted by Gasteiger charge is 2.47. The summed E-state index contributed by atoms with van der Waals surface area (Å²) in [7, 11) is 2.26. The average Bonchev–Trinajstić information content (AvgIpc) is 2.39. The van der Waals surface area contributed by atoms with Gasteiger partial charge < -0.3 is 10.2 Å². The average molecular weight is 262 g/mol. The minimum atomic E-state index is 0.813. The maximum Gasteiger partial charge on any atom is 0.00915 e. The lowest BCUT2D eigenvalue weighted by Crippen LogP contribution is -2.50. The molecule has 0 spiro atoms. The van der Waals surface area contributed by atoms with Crippen LogP contribution in [0.1, 0.15) is 44.9 Å². The van der Waals surface area contributed by atoms with Gasteiger partial charge in [0, 0.05) is 6.04 Å². The third-order valence-electron chi connectivity index (χ3n) is 6.78. The highest BCUT2D eigenvalue weighted by molar-refractivity contribution is 4.98. The molecule has 0 unspecified atom stereocenters. The third kappa shape index (κ3) is 2.47. The van der Waals surface area contributed by atoms with Crippen molar-refractivity contribution in [3.8, 4) is 0 Å². The first-order valence-electron chi connectivity index (χ1n) is 8.70. The van der Waals surface area contributed by atoms with Crippen LogP contribution in [0.2, 0.25) is 0 Å². The Labute approximate surface area is 118 Å². The first-order chi connectivity index (χ1) is 9.28. The van der Waals surface area contributed by atoms with E-state index in [0.29, 0.717) is 0 Å². The molecule has 108 valence electrons. The van der Waals surface area contributed by atoms with Gasteiger partial charge in [0.2, 0.25) is 0 Å². The molecule has 0 aromatic heterocycles. The van der Waals surface area contributed by atoms with Crippen molar-refractivity contribution in [3.05, 3.63) is 0 Å². The SMILES string of the molecule is CN1CCC(NCC2C3CC4CC(C3)CC2C4)CC1. The van der Waals surface area contributed by atoms with Gasteiger partial charge in [-0.15, -0.1) is 0 Å². The summed E-state index contributed by atoms with van der Waals surface area (Å²) >= 11 is 0. The number of piperidine rings is 1. The van der Waals surface area contributed by atoms with Crippen molar-refractivity contribution in [2.75, 3.05) is 26.7 Å². The van der Waals surface area contributed by atoms with Crippen molar-refractivity contribution in [2.24, 2.45) is 29.6 Å². The molecule has 0 atom stereocenters. The number of nitrogens with one attached hydrogen (secondary N) is 1. The first kappa shape index (κ1) is 12.6. The van der Waals surface area contributed by atoms with E-state index in [2.05, 4.69) is 17.3 Å². The van der Waals surface area contributed by atoms with E-state index in [0.717, 1.165) is 35.6 Å². The summed E-state index contributed by atoms with van der Waals surface area (Å²) in [6.07, 6.45) is 10.6. The molecule has 4 bridgehead atoms. The van der Waals surface area contributed by atoms with E-state index in [4.69, 9.17) is 0 Å². The van der Waals surface area contributed by atoms with E-state index < -0.39 is 0 Å². The van der Waals surface area contributed by atoms with E-state index in [-0.39, 0.29) is 0 Å². The summed E-state index contributed by atoms with van der Waals surface area (Å²) in [5.74, 6) is 5.47. The topological polar surface area (TPSA) is 15.3 Å². The molecule has 1 saturated heterocycles. The molecule has 1 heterocycles. The molecular formula is C17H30N2. The molecule has 0 aromatic carbocycles. The molecule has 5 fully saturated rings. The van der Waals surface area contributed by atoms with E-state index in [1.807, 2.05) is 0 Å². The molecule has 1 aliphatic heterocycles. The lowest BCUT2D eigenvalue weighted by molar-refractivity contribution is -0.0368. The molecule has 4 aliphatic carbocycles. The van der Waals surface area contributed by atoms with Gasteiger partial charge in [0.05, 0.1) is 0 Å². The van der Waals surface area contributed by atoms with Crippen molar-refractivity contribution >= 4 is 0 Å². The van der Waals surface area contributed by atoms with Crippen LogP contribution in [0.4, 0.5) is 0 Å². The monoisotopic (exact) mass is 262 g/mol. The Balaban J connectivity index is 1.31. The standard InChI is InChI=1S/C17H30N2/c1-19-4-2-16(3-5-19)18-11-17-14-7-12-6-13(9-14)10-15(17)8-12/h12-18H,2-11H2,1H3. The second kappa shape index (κ2) is 5.04. The van der Waals surface area contributed by atoms with Crippen molar-refractivity contribution in [2.45, 2.75) is 51.0 Å². The maximum atomic E-state index is 3.94. The summed E-state index contributed by atoms with van der Waals surface area (Å²) in [6.45, 7) is 3.92. The van der Waals surface area contributed by atoms with Crippen LogP contribution in [-0.2, 0) is 0 Å². The lowest BCUT2D eigenvalue weighted by atomic mass is 9.52. The zero-order valence-corrected chi connectivity index (χ0v) is 12.5. The Kier molecular flexibility index (Phi) is 3.35. The van der Waals surface area contributed by atoms with Crippen LogP contribution in [0.3, 0.4) is 0 Å². The summed E-state index contributed by atoms with van der Waals surface area (Å²) in [5.41, 5.74) is 0. The van der Waals surface area contributed by atoms with E-state index >= 15 is 0 Å². The van der Waals surface area contributed by atoms with Gasteiger partial charge in [0.25, 0.3) is 0 Å². The Morgan fingerprint density at radius 1 is 0.895 bits per heavy atom. The van der Waals surface area contributed by atoms with Gasteiger partial charge in [0.1, 0.15) is 0 Å². The number of rotatable bonds is 3. The van der Waals surface area contributed by atoms with Gasteiger partial charge in [-0.25, -0.2) is 0 Å². The second-order valence-corrected chi connectivity index (χ2v) is 8.08.